The topological polar surface area (TPSA) is 40.9 Å². The molecule has 0 heterocycles. The van der Waals surface area contributed by atoms with Crippen molar-refractivity contribution in [2.45, 2.75) is 36.5 Å². The second-order valence-corrected chi connectivity index (χ2v) is 7.53. The van der Waals surface area contributed by atoms with Crippen LogP contribution in [0, 0.1) is 23.0 Å². The highest BCUT2D eigenvalue weighted by Crippen LogP contribution is 2.50. The molecule has 2 aliphatic rings. The first-order valence-corrected chi connectivity index (χ1v) is 8.90. The van der Waals surface area contributed by atoms with E-state index in [4.69, 9.17) is 28.5 Å². The van der Waals surface area contributed by atoms with Crippen LogP contribution in [0.25, 0.3) is 0 Å². The van der Waals surface area contributed by atoms with E-state index in [2.05, 4.69) is 6.07 Å². The van der Waals surface area contributed by atoms with E-state index >= 15 is 0 Å². The molecule has 2 aromatic rings. The minimum Gasteiger partial charge on any atom is -0.302 e. The van der Waals surface area contributed by atoms with Crippen LogP contribution in [-0.4, -0.2) is 6.29 Å². The van der Waals surface area contributed by atoms with Crippen LogP contribution in [0.1, 0.15) is 36.8 Å². The second kappa shape index (κ2) is 6.98. The summed E-state index contributed by atoms with van der Waals surface area (Å²) in [6.07, 6.45) is 4.21. The highest BCUT2D eigenvalue weighted by Gasteiger charge is 2.46. The Morgan fingerprint density at radius 2 is 1.42 bits per heavy atom. The summed E-state index contributed by atoms with van der Waals surface area (Å²) in [5.41, 5.74) is 0.680. The van der Waals surface area contributed by atoms with Crippen LogP contribution in [0.5, 0.6) is 0 Å². The third-order valence-corrected chi connectivity index (χ3v) is 5.52. The molecule has 4 rings (SSSR count). The fourth-order valence-electron chi connectivity index (χ4n) is 2.92. The fraction of sp³-hybridized carbons (Fsp3) is 0.300. The molecule has 2 aromatic carbocycles. The number of hydrogen-bond donors (Lipinski definition) is 0. The molecule has 0 bridgehead atoms. The van der Waals surface area contributed by atoms with Crippen molar-refractivity contribution in [1.82, 2.24) is 0 Å². The number of halogens is 4. The van der Waals surface area contributed by atoms with Crippen molar-refractivity contribution in [1.29, 1.82) is 5.26 Å². The molecule has 0 radical (unpaired) electrons. The SMILES string of the molecule is N#CC1(c2ccc(F)cc2Cl)CC1.O=CC1(c2ccc(F)cc2Cl)CC1. The minimum absolute atomic E-state index is 0.351. The zero-order chi connectivity index (χ0) is 18.9. The van der Waals surface area contributed by atoms with E-state index in [9.17, 15) is 13.6 Å². The number of carbonyl (C=O) groups is 1. The first kappa shape index (κ1) is 18.8. The summed E-state index contributed by atoms with van der Waals surface area (Å²) < 4.78 is 25.4. The van der Waals surface area contributed by atoms with Gasteiger partial charge < -0.3 is 4.79 Å². The second-order valence-electron chi connectivity index (χ2n) is 6.72. The molecule has 2 fully saturated rings. The van der Waals surface area contributed by atoms with Crippen LogP contribution >= 0.6 is 23.2 Å². The van der Waals surface area contributed by atoms with Crippen molar-refractivity contribution in [3.63, 3.8) is 0 Å². The lowest BCUT2D eigenvalue weighted by atomic mass is 9.98. The molecule has 0 amide bonds. The Labute approximate surface area is 160 Å². The van der Waals surface area contributed by atoms with E-state index in [1.165, 1.54) is 24.3 Å². The summed E-state index contributed by atoms with van der Waals surface area (Å²) in [7, 11) is 0. The third-order valence-electron chi connectivity index (χ3n) is 4.89. The van der Waals surface area contributed by atoms with Crippen LogP contribution in [0.2, 0.25) is 10.0 Å². The maximum Gasteiger partial charge on any atom is 0.130 e. The number of benzene rings is 2. The molecule has 2 aliphatic carbocycles. The largest absolute Gasteiger partial charge is 0.302 e. The fourth-order valence-corrected chi connectivity index (χ4v) is 3.63. The van der Waals surface area contributed by atoms with Crippen LogP contribution < -0.4 is 0 Å². The lowest BCUT2D eigenvalue weighted by Crippen LogP contribution is -2.08. The summed E-state index contributed by atoms with van der Waals surface area (Å²) >= 11 is 11.7. The first-order valence-electron chi connectivity index (χ1n) is 8.14. The first-order chi connectivity index (χ1) is 12.4. The average molecular weight is 394 g/mol. The Kier molecular flexibility index (Phi) is 5.05. The van der Waals surface area contributed by atoms with Gasteiger partial charge in [-0.15, -0.1) is 0 Å². The third kappa shape index (κ3) is 3.60. The van der Waals surface area contributed by atoms with E-state index in [0.717, 1.165) is 43.1 Å². The number of nitrogens with zero attached hydrogens (tertiary/aromatic N) is 1. The average Bonchev–Trinajstić information content (AvgIpc) is 3.51. The predicted molar refractivity (Wildman–Crippen MR) is 96.3 cm³/mol. The van der Waals surface area contributed by atoms with Crippen molar-refractivity contribution in [3.8, 4) is 6.07 Å². The van der Waals surface area contributed by atoms with Gasteiger partial charge in [0.2, 0.25) is 0 Å². The molecule has 0 unspecified atom stereocenters. The summed E-state index contributed by atoms with van der Waals surface area (Å²) in [6.45, 7) is 0. The van der Waals surface area contributed by atoms with E-state index in [-0.39, 0.29) is 11.6 Å². The van der Waals surface area contributed by atoms with Gasteiger partial charge in [0.25, 0.3) is 0 Å². The van der Waals surface area contributed by atoms with Gasteiger partial charge in [-0.3, -0.25) is 0 Å². The predicted octanol–water partition coefficient (Wildman–Crippen LogP) is 5.74. The lowest BCUT2D eigenvalue weighted by Gasteiger charge is -2.09. The van der Waals surface area contributed by atoms with Crippen molar-refractivity contribution in [2.24, 2.45) is 0 Å². The molecule has 0 saturated heterocycles. The van der Waals surface area contributed by atoms with Gasteiger partial charge in [0.1, 0.15) is 17.9 Å². The van der Waals surface area contributed by atoms with Gasteiger partial charge >= 0.3 is 0 Å². The quantitative estimate of drug-likeness (QED) is 0.623. The Morgan fingerprint density at radius 3 is 1.77 bits per heavy atom. The minimum atomic E-state index is -0.426. The Morgan fingerprint density at radius 1 is 0.923 bits per heavy atom. The van der Waals surface area contributed by atoms with Crippen LogP contribution in [0.15, 0.2) is 36.4 Å². The van der Waals surface area contributed by atoms with Crippen LogP contribution in [0.4, 0.5) is 8.78 Å². The van der Waals surface area contributed by atoms with Crippen LogP contribution in [0.3, 0.4) is 0 Å². The zero-order valence-corrected chi connectivity index (χ0v) is 15.2. The van der Waals surface area contributed by atoms with Crippen molar-refractivity contribution in [3.05, 3.63) is 69.2 Å². The normalized spacial score (nSPS) is 18.1. The summed E-state index contributed by atoms with van der Waals surface area (Å²) in [6, 6.07) is 10.6. The molecule has 6 heteroatoms. The van der Waals surface area contributed by atoms with E-state index in [1.807, 2.05) is 0 Å². The number of carbonyl (C=O) groups excluding carboxylic acids is 1. The van der Waals surface area contributed by atoms with Gasteiger partial charge in [-0.05, 0) is 61.1 Å². The maximum atomic E-state index is 12.7. The van der Waals surface area contributed by atoms with E-state index < -0.39 is 10.8 Å². The molecule has 0 aromatic heterocycles. The smallest absolute Gasteiger partial charge is 0.130 e. The number of aldehydes is 1. The molecular weight excluding hydrogens is 379 g/mol. The number of rotatable bonds is 3. The molecular formula is C20H15Cl2F2NO. The standard InChI is InChI=1S/C10H7ClFN.C10H8ClFO/c2*11-9-5-7(12)1-2-8(9)10(6-13)3-4-10/h1-2,5H,3-4H2;1-2,5-6H,3-4H2. The molecule has 0 spiro atoms. The summed E-state index contributed by atoms with van der Waals surface area (Å²) in [5.74, 6) is -0.724. The van der Waals surface area contributed by atoms with Crippen molar-refractivity contribution >= 4 is 29.5 Å². The molecule has 134 valence electrons. The van der Waals surface area contributed by atoms with E-state index in [1.54, 1.807) is 12.1 Å². The summed E-state index contributed by atoms with van der Waals surface area (Å²) in [4.78, 5) is 10.8. The Balaban J connectivity index is 0.000000151. The van der Waals surface area contributed by atoms with Crippen LogP contribution in [-0.2, 0) is 15.6 Å². The molecule has 2 nitrogen and oxygen atoms in total. The Hall–Kier alpha value is -1.96. The van der Waals surface area contributed by atoms with Gasteiger partial charge in [0.05, 0.1) is 16.9 Å². The molecule has 26 heavy (non-hydrogen) atoms. The molecule has 2 saturated carbocycles. The highest BCUT2D eigenvalue weighted by molar-refractivity contribution is 6.32. The van der Waals surface area contributed by atoms with E-state index in [0.29, 0.717) is 10.0 Å². The van der Waals surface area contributed by atoms with Gasteiger partial charge in [-0.1, -0.05) is 35.3 Å². The van der Waals surface area contributed by atoms with Crippen molar-refractivity contribution < 1.29 is 13.6 Å². The van der Waals surface area contributed by atoms with Gasteiger partial charge in [0, 0.05) is 10.0 Å². The molecule has 0 aliphatic heterocycles. The molecule has 0 N–H and O–H groups in total. The maximum absolute atomic E-state index is 12.7. The summed E-state index contributed by atoms with van der Waals surface area (Å²) in [5, 5.41) is 9.61. The zero-order valence-electron chi connectivity index (χ0n) is 13.7. The lowest BCUT2D eigenvalue weighted by molar-refractivity contribution is -0.109. The molecule has 0 atom stereocenters. The highest BCUT2D eigenvalue weighted by atomic mass is 35.5. The monoisotopic (exact) mass is 393 g/mol. The number of nitriles is 1. The van der Waals surface area contributed by atoms with Gasteiger partial charge in [0.15, 0.2) is 0 Å². The van der Waals surface area contributed by atoms with Crippen molar-refractivity contribution in [2.75, 3.05) is 0 Å². The van der Waals surface area contributed by atoms with Gasteiger partial charge in [-0.25, -0.2) is 8.78 Å². The number of hydrogen-bond acceptors (Lipinski definition) is 2. The van der Waals surface area contributed by atoms with Gasteiger partial charge in [-0.2, -0.15) is 5.26 Å². The Bertz CT molecular complexity index is 899.